The van der Waals surface area contributed by atoms with Crippen LogP contribution in [0.2, 0.25) is 0 Å². The lowest BCUT2D eigenvalue weighted by atomic mass is 10.3. The molecule has 1 rings (SSSR count). The normalized spacial score (nSPS) is 13.1. The molecule has 0 spiro atoms. The van der Waals surface area contributed by atoms with E-state index in [0.717, 1.165) is 6.26 Å². The second kappa shape index (κ2) is 4.24. The van der Waals surface area contributed by atoms with Crippen LogP contribution in [0.15, 0.2) is 19.9 Å². The fraction of sp³-hybridized carbons (Fsp3) is 0.571. The first-order valence-corrected chi connectivity index (χ1v) is 3.82. The summed E-state index contributed by atoms with van der Waals surface area (Å²) in [5.74, 6) is -6.32. The quantitative estimate of drug-likeness (QED) is 0.764. The van der Waals surface area contributed by atoms with E-state index >= 15 is 0 Å². The maximum absolute atomic E-state index is 12.3. The minimum Gasteiger partial charge on any atom is -0.399 e. The summed E-state index contributed by atoms with van der Waals surface area (Å²) in [4.78, 5) is 10.3. The van der Waals surface area contributed by atoms with Crippen LogP contribution in [0.1, 0.15) is 5.76 Å². The van der Waals surface area contributed by atoms with Crippen LogP contribution in [0.25, 0.3) is 0 Å². The Labute approximate surface area is 84.6 Å². The lowest BCUT2D eigenvalue weighted by Gasteiger charge is -2.18. The first kappa shape index (κ1) is 12.7. The van der Waals surface area contributed by atoms with Crippen LogP contribution in [0.5, 0.6) is 0 Å². The molecule has 92 valence electrons. The minimum atomic E-state index is -5.68. The molecule has 0 aromatic carbocycles. The van der Waals surface area contributed by atoms with E-state index < -0.39 is 31.1 Å². The van der Waals surface area contributed by atoms with E-state index in [4.69, 9.17) is 0 Å². The van der Waals surface area contributed by atoms with Crippen LogP contribution in [-0.2, 0) is 11.3 Å². The van der Waals surface area contributed by atoms with E-state index in [1.165, 1.54) is 0 Å². The summed E-state index contributed by atoms with van der Waals surface area (Å²) in [7, 11) is 0. The molecule has 4 nitrogen and oxygen atoms in total. The van der Waals surface area contributed by atoms with Crippen LogP contribution in [-0.4, -0.2) is 18.7 Å². The molecule has 0 aliphatic carbocycles. The molecule has 0 saturated carbocycles. The molecule has 0 atom stereocenters. The predicted molar refractivity (Wildman–Crippen MR) is 37.9 cm³/mol. The molecule has 16 heavy (non-hydrogen) atoms. The number of hydrogen-bond acceptors (Lipinski definition) is 4. The van der Waals surface area contributed by atoms with Crippen molar-refractivity contribution in [1.82, 2.24) is 0 Å². The highest BCUT2D eigenvalue weighted by Gasteiger charge is 2.57. The Hall–Kier alpha value is -1.38. The maximum atomic E-state index is 12.3. The molecular formula is C7H5F5O4. The highest BCUT2D eigenvalue weighted by molar-refractivity contribution is 4.82. The third-order valence-corrected chi connectivity index (χ3v) is 1.44. The largest absolute Gasteiger partial charge is 0.518 e. The number of halogens is 5. The van der Waals surface area contributed by atoms with Gasteiger partial charge in [0, 0.05) is 0 Å². The smallest absolute Gasteiger partial charge is 0.399 e. The molecule has 9 heteroatoms. The lowest BCUT2D eigenvalue weighted by molar-refractivity contribution is -0.297. The molecule has 1 aromatic rings. The van der Waals surface area contributed by atoms with Gasteiger partial charge in [-0.15, -0.1) is 0 Å². The van der Waals surface area contributed by atoms with Crippen molar-refractivity contribution in [3.8, 4) is 0 Å². The number of rotatable bonds is 4. The molecule has 0 amide bonds. The minimum absolute atomic E-state index is 0.275. The molecular weight excluding hydrogens is 243 g/mol. The Morgan fingerprint density at radius 2 is 1.88 bits per heavy atom. The number of ether oxygens (including phenoxy) is 1. The number of alkyl halides is 5. The van der Waals surface area contributed by atoms with Gasteiger partial charge in [-0.2, -0.15) is 22.0 Å². The molecule has 0 aliphatic rings. The monoisotopic (exact) mass is 248 g/mol. The van der Waals surface area contributed by atoms with Crippen LogP contribution in [0.3, 0.4) is 0 Å². The van der Waals surface area contributed by atoms with Gasteiger partial charge in [0.2, 0.25) is 0 Å². The Bertz CT molecular complexity index is 390. The van der Waals surface area contributed by atoms with E-state index in [-0.39, 0.29) is 5.76 Å². The van der Waals surface area contributed by atoms with Gasteiger partial charge in [0.05, 0.1) is 0 Å². The van der Waals surface area contributed by atoms with Gasteiger partial charge in [-0.05, 0) is 0 Å². The molecule has 0 bridgehead atoms. The van der Waals surface area contributed by atoms with Crippen LogP contribution >= 0.6 is 0 Å². The van der Waals surface area contributed by atoms with Gasteiger partial charge in [-0.25, -0.2) is 4.79 Å². The summed E-state index contributed by atoms with van der Waals surface area (Å²) < 4.78 is 71.8. The van der Waals surface area contributed by atoms with Gasteiger partial charge >= 0.3 is 17.9 Å². The Kier molecular flexibility index (Phi) is 3.36. The van der Waals surface area contributed by atoms with Gasteiger partial charge in [0.15, 0.2) is 5.76 Å². The summed E-state index contributed by atoms with van der Waals surface area (Å²) in [5.41, 5.74) is 0. The van der Waals surface area contributed by atoms with Crippen molar-refractivity contribution in [2.45, 2.75) is 18.7 Å². The average molecular weight is 248 g/mol. The van der Waals surface area contributed by atoms with E-state index in [1.807, 2.05) is 0 Å². The van der Waals surface area contributed by atoms with Gasteiger partial charge in [0.25, 0.3) is 0 Å². The van der Waals surface area contributed by atoms with E-state index in [9.17, 15) is 26.7 Å². The zero-order valence-corrected chi connectivity index (χ0v) is 7.51. The van der Waals surface area contributed by atoms with Crippen molar-refractivity contribution < 1.29 is 35.5 Å². The fourth-order valence-corrected chi connectivity index (χ4v) is 0.694. The lowest BCUT2D eigenvalue weighted by Crippen LogP contribution is -2.40. The van der Waals surface area contributed by atoms with Gasteiger partial charge < -0.3 is 13.6 Å². The Morgan fingerprint density at radius 1 is 1.25 bits per heavy atom. The second-order valence-electron chi connectivity index (χ2n) is 2.75. The standard InChI is InChI=1S/C7H5F5O4/c8-6(9,7(10,11)12)3-14-1-4-2-15-5(13)16-4/h2H,1,3H2. The zero-order valence-electron chi connectivity index (χ0n) is 7.51. The van der Waals surface area contributed by atoms with Crippen molar-refractivity contribution in [1.29, 1.82) is 0 Å². The predicted octanol–water partition coefficient (Wildman–Crippen LogP) is 1.95. The summed E-state index contributed by atoms with van der Waals surface area (Å²) in [5, 5.41) is 0. The third kappa shape index (κ3) is 3.05. The van der Waals surface area contributed by atoms with Crippen molar-refractivity contribution in [2.75, 3.05) is 6.61 Å². The first-order valence-electron chi connectivity index (χ1n) is 3.82. The topological polar surface area (TPSA) is 52.6 Å². The second-order valence-corrected chi connectivity index (χ2v) is 2.75. The van der Waals surface area contributed by atoms with E-state index in [2.05, 4.69) is 13.6 Å². The highest BCUT2D eigenvalue weighted by atomic mass is 19.4. The van der Waals surface area contributed by atoms with Crippen LogP contribution in [0, 0.1) is 0 Å². The summed E-state index contributed by atoms with van der Waals surface area (Å²) in [6, 6.07) is 0. The van der Waals surface area contributed by atoms with E-state index in [0.29, 0.717) is 0 Å². The maximum Gasteiger partial charge on any atom is 0.518 e. The molecule has 1 aromatic heterocycles. The van der Waals surface area contributed by atoms with Crippen molar-refractivity contribution >= 4 is 0 Å². The fourth-order valence-electron chi connectivity index (χ4n) is 0.694. The Morgan fingerprint density at radius 3 is 2.31 bits per heavy atom. The van der Waals surface area contributed by atoms with Crippen LogP contribution in [0.4, 0.5) is 22.0 Å². The molecule has 0 N–H and O–H groups in total. The molecule has 1 heterocycles. The molecule has 0 aliphatic heterocycles. The van der Waals surface area contributed by atoms with Gasteiger partial charge in [-0.3, -0.25) is 0 Å². The van der Waals surface area contributed by atoms with Gasteiger partial charge in [0.1, 0.15) is 19.5 Å². The van der Waals surface area contributed by atoms with E-state index in [1.54, 1.807) is 0 Å². The number of hydrogen-bond donors (Lipinski definition) is 0. The molecule has 0 radical (unpaired) electrons. The molecule has 0 saturated heterocycles. The zero-order chi connectivity index (χ0) is 12.4. The summed E-state index contributed by atoms with van der Waals surface area (Å²) in [6.07, 6.45) is -4.92. The SMILES string of the molecule is O=c1occ(COCC(F)(F)C(F)(F)F)o1. The van der Waals surface area contributed by atoms with Crippen molar-refractivity contribution in [3.05, 3.63) is 22.6 Å². The highest BCUT2D eigenvalue weighted by Crippen LogP contribution is 2.35. The third-order valence-electron chi connectivity index (χ3n) is 1.44. The Balaban J connectivity index is 2.44. The van der Waals surface area contributed by atoms with Gasteiger partial charge in [-0.1, -0.05) is 0 Å². The summed E-state index contributed by atoms with van der Waals surface area (Å²) in [6.45, 7) is -2.57. The summed E-state index contributed by atoms with van der Waals surface area (Å²) >= 11 is 0. The molecule has 0 fully saturated rings. The van der Waals surface area contributed by atoms with Crippen molar-refractivity contribution in [2.24, 2.45) is 0 Å². The van der Waals surface area contributed by atoms with Crippen molar-refractivity contribution in [3.63, 3.8) is 0 Å². The molecule has 0 unspecified atom stereocenters. The first-order chi connectivity index (χ1) is 7.22. The average Bonchev–Trinajstić information content (AvgIpc) is 2.49. The van der Waals surface area contributed by atoms with Crippen LogP contribution < -0.4 is 5.82 Å².